The van der Waals surface area contributed by atoms with E-state index < -0.39 is 0 Å². The van der Waals surface area contributed by atoms with Gasteiger partial charge in [-0.2, -0.15) is 0 Å². The minimum atomic E-state index is 0. The van der Waals surface area contributed by atoms with Crippen molar-refractivity contribution >= 4 is 41.3 Å². The van der Waals surface area contributed by atoms with Gasteiger partial charge >= 0.3 is 0 Å². The van der Waals surface area contributed by atoms with Gasteiger partial charge in [-0.25, -0.2) is 4.98 Å². The van der Waals surface area contributed by atoms with Gasteiger partial charge in [-0.3, -0.25) is 4.99 Å². The molecule has 0 fully saturated rings. The maximum Gasteiger partial charge on any atom is 0.188 e. The zero-order valence-electron chi connectivity index (χ0n) is 13.0. The maximum absolute atomic E-state index is 5.80. The maximum atomic E-state index is 5.80. The zero-order valence-corrected chi connectivity index (χ0v) is 16.1. The Balaban J connectivity index is 0.00000242. The third kappa shape index (κ3) is 6.31. The van der Waals surface area contributed by atoms with Crippen LogP contribution in [0.1, 0.15) is 19.5 Å². The van der Waals surface area contributed by atoms with Crippen molar-refractivity contribution in [3.8, 4) is 10.6 Å². The van der Waals surface area contributed by atoms with Crippen LogP contribution in [0, 0.1) is 5.92 Å². The summed E-state index contributed by atoms with van der Waals surface area (Å²) in [7, 11) is 0. The van der Waals surface area contributed by atoms with Crippen LogP contribution in [0.5, 0.6) is 0 Å². The molecule has 0 aliphatic rings. The van der Waals surface area contributed by atoms with E-state index in [1.807, 2.05) is 18.2 Å². The van der Waals surface area contributed by atoms with Gasteiger partial charge in [-0.1, -0.05) is 44.2 Å². The average molecular weight is 430 g/mol. The van der Waals surface area contributed by atoms with Crippen molar-refractivity contribution in [3.63, 3.8) is 0 Å². The lowest BCUT2D eigenvalue weighted by molar-refractivity contribution is 0.661. The second kappa shape index (κ2) is 9.78. The molecule has 0 bridgehead atoms. The Morgan fingerprint density at radius 1 is 1.32 bits per heavy atom. The molecule has 4 nitrogen and oxygen atoms in total. The topological polar surface area (TPSA) is 63.3 Å². The highest BCUT2D eigenvalue weighted by molar-refractivity contribution is 14.0. The highest BCUT2D eigenvalue weighted by Crippen LogP contribution is 2.23. The third-order valence-corrected chi connectivity index (χ3v) is 3.83. The van der Waals surface area contributed by atoms with Crippen molar-refractivity contribution in [2.24, 2.45) is 16.6 Å². The number of nitrogens with two attached hydrogens (primary N) is 1. The van der Waals surface area contributed by atoms with Gasteiger partial charge in [0.05, 0.1) is 5.69 Å². The molecule has 120 valence electrons. The summed E-state index contributed by atoms with van der Waals surface area (Å²) in [6, 6.07) is 10.2. The largest absolute Gasteiger partial charge is 0.370 e. The Morgan fingerprint density at radius 3 is 2.73 bits per heavy atom. The fourth-order valence-corrected chi connectivity index (χ4v) is 2.65. The minimum Gasteiger partial charge on any atom is -0.370 e. The summed E-state index contributed by atoms with van der Waals surface area (Å²) in [6.45, 7) is 5.76. The van der Waals surface area contributed by atoms with Gasteiger partial charge in [0.25, 0.3) is 0 Å². The van der Waals surface area contributed by atoms with E-state index in [4.69, 9.17) is 5.73 Å². The summed E-state index contributed by atoms with van der Waals surface area (Å²) in [4.78, 5) is 8.92. The SMILES string of the molecule is CC(C)CN=C(N)NCCc1csc(-c2ccccc2)n1.I. The molecule has 0 radical (unpaired) electrons. The van der Waals surface area contributed by atoms with E-state index in [1.165, 1.54) is 5.56 Å². The Kier molecular flexibility index (Phi) is 8.40. The van der Waals surface area contributed by atoms with E-state index >= 15 is 0 Å². The summed E-state index contributed by atoms with van der Waals surface area (Å²) in [6.07, 6.45) is 0.848. The molecule has 0 atom stereocenters. The molecule has 0 amide bonds. The molecule has 6 heteroatoms. The number of thiazole rings is 1. The number of halogens is 1. The Labute approximate surface area is 153 Å². The number of nitrogens with zero attached hydrogens (tertiary/aromatic N) is 2. The van der Waals surface area contributed by atoms with Crippen molar-refractivity contribution in [2.75, 3.05) is 13.1 Å². The fraction of sp³-hybridized carbons (Fsp3) is 0.375. The lowest BCUT2D eigenvalue weighted by atomic mass is 10.2. The van der Waals surface area contributed by atoms with Crippen LogP contribution in [0.2, 0.25) is 0 Å². The highest BCUT2D eigenvalue weighted by Gasteiger charge is 2.04. The van der Waals surface area contributed by atoms with Crippen LogP contribution in [0.15, 0.2) is 40.7 Å². The monoisotopic (exact) mass is 430 g/mol. The van der Waals surface area contributed by atoms with Gasteiger partial charge < -0.3 is 11.1 Å². The molecule has 1 aromatic carbocycles. The number of hydrogen-bond donors (Lipinski definition) is 2. The van der Waals surface area contributed by atoms with Crippen molar-refractivity contribution < 1.29 is 0 Å². The molecule has 2 aromatic rings. The second-order valence-electron chi connectivity index (χ2n) is 5.31. The molecule has 0 spiro atoms. The Morgan fingerprint density at radius 2 is 2.05 bits per heavy atom. The highest BCUT2D eigenvalue weighted by atomic mass is 127. The molecular weight excluding hydrogens is 407 g/mol. The van der Waals surface area contributed by atoms with Crippen LogP contribution in [-0.4, -0.2) is 24.0 Å². The lowest BCUT2D eigenvalue weighted by Gasteiger charge is -2.05. The fourth-order valence-electron chi connectivity index (χ4n) is 1.79. The van der Waals surface area contributed by atoms with E-state index in [0.717, 1.165) is 30.2 Å². The Bertz CT molecular complexity index is 581. The van der Waals surface area contributed by atoms with Gasteiger partial charge in [-0.15, -0.1) is 35.3 Å². The summed E-state index contributed by atoms with van der Waals surface area (Å²) >= 11 is 1.68. The molecule has 1 heterocycles. The zero-order chi connectivity index (χ0) is 15.1. The van der Waals surface area contributed by atoms with Crippen LogP contribution in [-0.2, 0) is 6.42 Å². The third-order valence-electron chi connectivity index (χ3n) is 2.89. The summed E-state index contributed by atoms with van der Waals surface area (Å²) in [5.74, 6) is 1.04. The van der Waals surface area contributed by atoms with Crippen molar-refractivity contribution in [1.29, 1.82) is 0 Å². The summed E-state index contributed by atoms with van der Waals surface area (Å²) < 4.78 is 0. The Hall–Kier alpha value is -1.15. The van der Waals surface area contributed by atoms with Crippen LogP contribution in [0.4, 0.5) is 0 Å². The van der Waals surface area contributed by atoms with Crippen molar-refractivity contribution in [2.45, 2.75) is 20.3 Å². The number of benzene rings is 1. The number of aliphatic imine (C=N–C) groups is 1. The molecular formula is C16H23IN4S. The van der Waals surface area contributed by atoms with Crippen molar-refractivity contribution in [1.82, 2.24) is 10.3 Å². The molecule has 0 saturated carbocycles. The standard InChI is InChI=1S/C16H22N4S.HI/c1-12(2)10-19-16(17)18-9-8-14-11-21-15(20-14)13-6-4-3-5-7-13;/h3-7,11-12H,8-10H2,1-2H3,(H3,17,18,19);1H. The second-order valence-corrected chi connectivity index (χ2v) is 6.16. The normalized spacial score (nSPS) is 11.3. The van der Waals surface area contributed by atoms with Crippen LogP contribution >= 0.6 is 35.3 Å². The van der Waals surface area contributed by atoms with E-state index in [-0.39, 0.29) is 24.0 Å². The summed E-state index contributed by atoms with van der Waals surface area (Å²) in [5, 5.41) is 6.29. The van der Waals surface area contributed by atoms with E-state index in [9.17, 15) is 0 Å². The van der Waals surface area contributed by atoms with E-state index in [2.05, 4.69) is 46.7 Å². The van der Waals surface area contributed by atoms with E-state index in [1.54, 1.807) is 11.3 Å². The molecule has 2 rings (SSSR count). The first-order chi connectivity index (χ1) is 10.1. The molecule has 3 N–H and O–H groups in total. The quantitative estimate of drug-likeness (QED) is 0.419. The lowest BCUT2D eigenvalue weighted by Crippen LogP contribution is -2.33. The number of aromatic nitrogens is 1. The summed E-state index contributed by atoms with van der Waals surface area (Å²) in [5.41, 5.74) is 8.06. The van der Waals surface area contributed by atoms with Crippen LogP contribution < -0.4 is 11.1 Å². The number of hydrogen-bond acceptors (Lipinski definition) is 3. The molecule has 0 aliphatic heterocycles. The van der Waals surface area contributed by atoms with Crippen LogP contribution in [0.3, 0.4) is 0 Å². The predicted molar refractivity (Wildman–Crippen MR) is 106 cm³/mol. The van der Waals surface area contributed by atoms with Gasteiger partial charge in [0.1, 0.15) is 5.01 Å². The van der Waals surface area contributed by atoms with Crippen molar-refractivity contribution in [3.05, 3.63) is 41.4 Å². The smallest absolute Gasteiger partial charge is 0.188 e. The first kappa shape index (κ1) is 18.9. The number of guanidine groups is 1. The molecule has 0 unspecified atom stereocenters. The van der Waals surface area contributed by atoms with Gasteiger partial charge in [0, 0.05) is 30.5 Å². The predicted octanol–water partition coefficient (Wildman–Crippen LogP) is 3.53. The van der Waals surface area contributed by atoms with E-state index in [0.29, 0.717) is 11.9 Å². The molecule has 0 aliphatic carbocycles. The van der Waals surface area contributed by atoms with Gasteiger partial charge in [0.2, 0.25) is 0 Å². The first-order valence-corrected chi connectivity index (χ1v) is 8.06. The number of rotatable bonds is 6. The molecule has 1 aromatic heterocycles. The van der Waals surface area contributed by atoms with Crippen LogP contribution in [0.25, 0.3) is 10.6 Å². The van der Waals surface area contributed by atoms with Gasteiger partial charge in [-0.05, 0) is 5.92 Å². The first-order valence-electron chi connectivity index (χ1n) is 7.18. The average Bonchev–Trinajstić information content (AvgIpc) is 2.95. The molecule has 22 heavy (non-hydrogen) atoms. The minimum absolute atomic E-state index is 0. The van der Waals surface area contributed by atoms with Gasteiger partial charge in [0.15, 0.2) is 5.96 Å². The molecule has 0 saturated heterocycles. The number of nitrogens with one attached hydrogen (secondary N) is 1.